The maximum Gasteiger partial charge on any atom is 0.266 e. The van der Waals surface area contributed by atoms with Crippen LogP contribution in [0.3, 0.4) is 0 Å². The number of benzene rings is 1. The maximum atomic E-state index is 13.0. The van der Waals surface area contributed by atoms with Crippen LogP contribution in [-0.2, 0) is 6.42 Å². The molecule has 5 heteroatoms. The van der Waals surface area contributed by atoms with Crippen molar-refractivity contribution in [2.75, 3.05) is 13.1 Å². The summed E-state index contributed by atoms with van der Waals surface area (Å²) >= 11 is 3.12. The van der Waals surface area contributed by atoms with Gasteiger partial charge in [0.05, 0.1) is 10.6 Å². The topological polar surface area (TPSA) is 33.2 Å². The van der Waals surface area contributed by atoms with Crippen molar-refractivity contribution >= 4 is 28.6 Å². The van der Waals surface area contributed by atoms with E-state index in [9.17, 15) is 4.79 Å². The molecule has 0 unspecified atom stereocenters. The molecule has 25 heavy (non-hydrogen) atoms. The van der Waals surface area contributed by atoms with Crippen LogP contribution in [0, 0.1) is 6.92 Å². The Hall–Kier alpha value is -2.24. The van der Waals surface area contributed by atoms with E-state index >= 15 is 0 Å². The van der Waals surface area contributed by atoms with Crippen LogP contribution in [0.5, 0.6) is 0 Å². The van der Waals surface area contributed by atoms with E-state index in [1.54, 1.807) is 17.4 Å². The molecule has 128 valence electrons. The summed E-state index contributed by atoms with van der Waals surface area (Å²) < 4.78 is 0. The molecule has 1 amide bonds. The van der Waals surface area contributed by atoms with Crippen molar-refractivity contribution in [3.05, 3.63) is 76.6 Å². The summed E-state index contributed by atoms with van der Waals surface area (Å²) in [5, 5.41) is 2.94. The first-order chi connectivity index (χ1) is 12.2. The molecule has 0 saturated heterocycles. The third-order valence-electron chi connectivity index (χ3n) is 3.87. The van der Waals surface area contributed by atoms with Gasteiger partial charge in [-0.15, -0.1) is 29.3 Å². The number of carbonyl (C=O) groups is 1. The number of thiophene rings is 1. The van der Waals surface area contributed by atoms with Crippen molar-refractivity contribution < 1.29 is 4.79 Å². The highest BCUT2D eigenvalue weighted by Gasteiger charge is 2.21. The second-order valence-electron chi connectivity index (χ2n) is 5.69. The number of aromatic nitrogens is 1. The summed E-state index contributed by atoms with van der Waals surface area (Å²) in [5.74, 6) is 0.0358. The van der Waals surface area contributed by atoms with Gasteiger partial charge in [0.15, 0.2) is 0 Å². The van der Waals surface area contributed by atoms with Gasteiger partial charge in [-0.3, -0.25) is 4.79 Å². The smallest absolute Gasteiger partial charge is 0.266 e. The number of thiazole rings is 1. The Bertz CT molecular complexity index is 838. The number of rotatable bonds is 7. The van der Waals surface area contributed by atoms with Gasteiger partial charge in [-0.1, -0.05) is 42.5 Å². The first-order valence-electron chi connectivity index (χ1n) is 8.14. The van der Waals surface area contributed by atoms with Crippen molar-refractivity contribution in [1.82, 2.24) is 9.88 Å². The Balaban J connectivity index is 1.77. The average Bonchev–Trinajstić information content (AvgIpc) is 3.28. The summed E-state index contributed by atoms with van der Waals surface area (Å²) in [4.78, 5) is 21.3. The number of hydrogen-bond acceptors (Lipinski definition) is 4. The molecule has 3 rings (SSSR count). The van der Waals surface area contributed by atoms with E-state index < -0.39 is 0 Å². The second kappa shape index (κ2) is 8.23. The minimum Gasteiger partial charge on any atom is -0.334 e. The number of hydrogen-bond donors (Lipinski definition) is 0. The Kier molecular flexibility index (Phi) is 5.79. The fraction of sp³-hybridized carbons (Fsp3) is 0.200. The predicted molar refractivity (Wildman–Crippen MR) is 106 cm³/mol. The molecule has 0 saturated carbocycles. The fourth-order valence-corrected chi connectivity index (χ4v) is 4.42. The average molecular weight is 369 g/mol. The first kappa shape index (κ1) is 17.6. The molecule has 0 spiro atoms. The van der Waals surface area contributed by atoms with E-state index in [-0.39, 0.29) is 5.91 Å². The molecule has 3 aromatic rings. The standard InChI is InChI=1S/C20H20N2OS2/c1-3-12-22(13-11-16-8-5-4-6-9-16)20(23)18-15(2)21-19(25-18)17-10-7-14-24-17/h3-10,14H,1,11-13H2,2H3. The third-order valence-corrected chi connectivity index (χ3v) is 6.06. The highest BCUT2D eigenvalue weighted by atomic mass is 32.1. The number of amides is 1. The first-order valence-corrected chi connectivity index (χ1v) is 9.84. The predicted octanol–water partition coefficient (Wildman–Crippen LogP) is 5.05. The van der Waals surface area contributed by atoms with Gasteiger partial charge >= 0.3 is 0 Å². The molecule has 3 nitrogen and oxygen atoms in total. The lowest BCUT2D eigenvalue weighted by Crippen LogP contribution is -2.33. The molecule has 2 aromatic heterocycles. The molecule has 0 radical (unpaired) electrons. The monoisotopic (exact) mass is 368 g/mol. The SMILES string of the molecule is C=CCN(CCc1ccccc1)C(=O)c1sc(-c2cccs2)nc1C. The maximum absolute atomic E-state index is 13.0. The molecule has 2 heterocycles. The molecule has 1 aromatic carbocycles. The molecule has 0 atom stereocenters. The van der Waals surface area contributed by atoms with Gasteiger partial charge in [0.2, 0.25) is 0 Å². The van der Waals surface area contributed by atoms with Crippen LogP contribution < -0.4 is 0 Å². The van der Waals surface area contributed by atoms with Gasteiger partial charge in [-0.25, -0.2) is 4.98 Å². The lowest BCUT2D eigenvalue weighted by atomic mass is 10.1. The Morgan fingerprint density at radius 2 is 2.04 bits per heavy atom. The van der Waals surface area contributed by atoms with E-state index in [0.29, 0.717) is 13.1 Å². The quantitative estimate of drug-likeness (QED) is 0.547. The number of aryl methyl sites for hydroxylation is 1. The van der Waals surface area contributed by atoms with Crippen LogP contribution in [0.15, 0.2) is 60.5 Å². The summed E-state index contributed by atoms with van der Waals surface area (Å²) in [6.45, 7) is 6.91. The fourth-order valence-electron chi connectivity index (χ4n) is 2.58. The molecular formula is C20H20N2OS2. The van der Waals surface area contributed by atoms with Crippen LogP contribution in [-0.4, -0.2) is 28.9 Å². The van der Waals surface area contributed by atoms with Crippen LogP contribution >= 0.6 is 22.7 Å². The molecule has 0 aliphatic carbocycles. The Morgan fingerprint density at radius 3 is 2.72 bits per heavy atom. The molecule has 0 N–H and O–H groups in total. The summed E-state index contributed by atoms with van der Waals surface area (Å²) in [7, 11) is 0. The lowest BCUT2D eigenvalue weighted by molar-refractivity contribution is 0.0779. The van der Waals surface area contributed by atoms with Gasteiger partial charge in [0, 0.05) is 13.1 Å². The molecule has 0 fully saturated rings. The van der Waals surface area contributed by atoms with E-state index in [2.05, 4.69) is 23.7 Å². The number of carbonyl (C=O) groups excluding carboxylic acids is 1. The Morgan fingerprint density at radius 1 is 1.24 bits per heavy atom. The Labute approximate surface area is 156 Å². The van der Waals surface area contributed by atoms with Crippen LogP contribution in [0.1, 0.15) is 20.9 Å². The summed E-state index contributed by atoms with van der Waals surface area (Å²) in [5.41, 5.74) is 2.02. The zero-order chi connectivity index (χ0) is 17.6. The molecule has 0 aliphatic heterocycles. The molecule has 0 bridgehead atoms. The van der Waals surface area contributed by atoms with Gasteiger partial charge in [0.1, 0.15) is 9.88 Å². The highest BCUT2D eigenvalue weighted by Crippen LogP contribution is 2.31. The highest BCUT2D eigenvalue weighted by molar-refractivity contribution is 7.22. The van der Waals surface area contributed by atoms with E-state index in [1.807, 2.05) is 47.5 Å². The molecular weight excluding hydrogens is 348 g/mol. The van der Waals surface area contributed by atoms with Crippen molar-refractivity contribution in [3.8, 4) is 9.88 Å². The largest absolute Gasteiger partial charge is 0.334 e. The zero-order valence-corrected chi connectivity index (χ0v) is 15.8. The van der Waals surface area contributed by atoms with Crippen molar-refractivity contribution in [2.45, 2.75) is 13.3 Å². The van der Waals surface area contributed by atoms with E-state index in [1.165, 1.54) is 16.9 Å². The van der Waals surface area contributed by atoms with Gasteiger partial charge in [-0.05, 0) is 30.4 Å². The zero-order valence-electron chi connectivity index (χ0n) is 14.1. The van der Waals surface area contributed by atoms with Crippen molar-refractivity contribution in [1.29, 1.82) is 0 Å². The normalized spacial score (nSPS) is 10.6. The summed E-state index contributed by atoms with van der Waals surface area (Å²) in [6.07, 6.45) is 2.61. The van der Waals surface area contributed by atoms with Crippen molar-refractivity contribution in [3.63, 3.8) is 0 Å². The lowest BCUT2D eigenvalue weighted by Gasteiger charge is -2.20. The van der Waals surface area contributed by atoms with Crippen LogP contribution in [0.4, 0.5) is 0 Å². The molecule has 0 aliphatic rings. The van der Waals surface area contributed by atoms with Gasteiger partial charge in [0.25, 0.3) is 5.91 Å². The van der Waals surface area contributed by atoms with Crippen LogP contribution in [0.2, 0.25) is 0 Å². The van der Waals surface area contributed by atoms with Crippen LogP contribution in [0.25, 0.3) is 9.88 Å². The van der Waals surface area contributed by atoms with Crippen molar-refractivity contribution in [2.24, 2.45) is 0 Å². The van der Waals surface area contributed by atoms with E-state index in [0.717, 1.165) is 26.9 Å². The number of nitrogens with zero attached hydrogens (tertiary/aromatic N) is 2. The van der Waals surface area contributed by atoms with Gasteiger partial charge in [-0.2, -0.15) is 0 Å². The summed E-state index contributed by atoms with van der Waals surface area (Å²) in [6, 6.07) is 14.3. The van der Waals surface area contributed by atoms with E-state index in [4.69, 9.17) is 0 Å². The minimum absolute atomic E-state index is 0.0358. The minimum atomic E-state index is 0.0358. The third kappa shape index (κ3) is 4.24. The second-order valence-corrected chi connectivity index (χ2v) is 7.63. The van der Waals surface area contributed by atoms with Gasteiger partial charge < -0.3 is 4.90 Å².